The summed E-state index contributed by atoms with van der Waals surface area (Å²) in [6.07, 6.45) is 1.28. The highest BCUT2D eigenvalue weighted by molar-refractivity contribution is 4.94. The number of nitrogens with one attached hydrogen (secondary N) is 1. The highest BCUT2D eigenvalue weighted by Crippen LogP contribution is 2.17. The van der Waals surface area contributed by atoms with E-state index in [2.05, 4.69) is 37.6 Å². The molecule has 0 saturated carbocycles. The first kappa shape index (κ1) is 11.7. The first-order valence-electron chi connectivity index (χ1n) is 5.73. The molecule has 0 spiro atoms. The number of rotatable bonds is 4. The van der Waals surface area contributed by atoms with Crippen LogP contribution in [0.15, 0.2) is 12.2 Å². The fourth-order valence-electron chi connectivity index (χ4n) is 2.32. The van der Waals surface area contributed by atoms with Gasteiger partial charge < -0.3 is 5.32 Å². The Morgan fingerprint density at radius 1 is 1.57 bits per heavy atom. The van der Waals surface area contributed by atoms with Gasteiger partial charge in [-0.05, 0) is 32.4 Å². The number of nitrogens with zero attached hydrogens (tertiary/aromatic N) is 1. The molecule has 82 valence electrons. The van der Waals surface area contributed by atoms with Gasteiger partial charge in [-0.1, -0.05) is 26.0 Å². The van der Waals surface area contributed by atoms with E-state index in [0.717, 1.165) is 25.0 Å². The van der Waals surface area contributed by atoms with E-state index < -0.39 is 0 Å². The molecule has 1 saturated heterocycles. The molecule has 1 heterocycles. The lowest BCUT2D eigenvalue weighted by Crippen LogP contribution is -2.48. The zero-order valence-corrected chi connectivity index (χ0v) is 9.84. The standard InChI is InChI=1S/C12H24N2/c1-5-13-12-6-7-14(8-10(2)3)9-11(12)4/h11-13H,2,5-9H2,1,3-4H3. The van der Waals surface area contributed by atoms with Crippen molar-refractivity contribution in [2.24, 2.45) is 5.92 Å². The molecule has 14 heavy (non-hydrogen) atoms. The predicted molar refractivity (Wildman–Crippen MR) is 62.5 cm³/mol. The first-order chi connectivity index (χ1) is 6.63. The molecule has 0 aliphatic carbocycles. The van der Waals surface area contributed by atoms with Crippen LogP contribution in [0.3, 0.4) is 0 Å². The van der Waals surface area contributed by atoms with Gasteiger partial charge in [0.25, 0.3) is 0 Å². The Hall–Kier alpha value is -0.340. The van der Waals surface area contributed by atoms with Crippen LogP contribution in [0, 0.1) is 5.92 Å². The van der Waals surface area contributed by atoms with Crippen LogP contribution in [0.2, 0.25) is 0 Å². The second-order valence-corrected chi connectivity index (χ2v) is 4.62. The summed E-state index contributed by atoms with van der Waals surface area (Å²) in [4.78, 5) is 2.51. The van der Waals surface area contributed by atoms with Crippen molar-refractivity contribution >= 4 is 0 Å². The van der Waals surface area contributed by atoms with Gasteiger partial charge in [-0.2, -0.15) is 0 Å². The van der Waals surface area contributed by atoms with Gasteiger partial charge in [0.2, 0.25) is 0 Å². The van der Waals surface area contributed by atoms with Crippen molar-refractivity contribution in [3.63, 3.8) is 0 Å². The molecule has 2 nitrogen and oxygen atoms in total. The van der Waals surface area contributed by atoms with Crippen molar-refractivity contribution in [1.29, 1.82) is 0 Å². The second-order valence-electron chi connectivity index (χ2n) is 4.62. The molecule has 0 bridgehead atoms. The lowest BCUT2D eigenvalue weighted by Gasteiger charge is -2.37. The molecule has 2 unspecified atom stereocenters. The minimum atomic E-state index is 0.723. The van der Waals surface area contributed by atoms with Crippen LogP contribution in [0.1, 0.15) is 27.2 Å². The molecule has 2 atom stereocenters. The van der Waals surface area contributed by atoms with Crippen molar-refractivity contribution < 1.29 is 0 Å². The zero-order valence-electron chi connectivity index (χ0n) is 9.84. The van der Waals surface area contributed by atoms with Crippen molar-refractivity contribution in [3.05, 3.63) is 12.2 Å². The van der Waals surface area contributed by atoms with Gasteiger partial charge in [0.05, 0.1) is 0 Å². The fraction of sp³-hybridized carbons (Fsp3) is 0.833. The largest absolute Gasteiger partial charge is 0.314 e. The summed E-state index contributed by atoms with van der Waals surface area (Å²) >= 11 is 0. The normalized spacial score (nSPS) is 29.1. The molecular formula is C12H24N2. The van der Waals surface area contributed by atoms with E-state index in [9.17, 15) is 0 Å². The van der Waals surface area contributed by atoms with Crippen LogP contribution in [0.4, 0.5) is 0 Å². The number of likely N-dealkylation sites (tertiary alicyclic amines) is 1. The summed E-state index contributed by atoms with van der Waals surface area (Å²) in [6.45, 7) is 15.2. The maximum absolute atomic E-state index is 3.97. The van der Waals surface area contributed by atoms with Crippen molar-refractivity contribution in [2.75, 3.05) is 26.2 Å². The van der Waals surface area contributed by atoms with Crippen LogP contribution in [0.5, 0.6) is 0 Å². The first-order valence-corrected chi connectivity index (χ1v) is 5.73. The number of hydrogen-bond acceptors (Lipinski definition) is 2. The number of hydrogen-bond donors (Lipinski definition) is 1. The quantitative estimate of drug-likeness (QED) is 0.691. The smallest absolute Gasteiger partial charge is 0.0187 e. The molecule has 0 aromatic heterocycles. The Kier molecular flexibility index (Phi) is 4.63. The van der Waals surface area contributed by atoms with Crippen LogP contribution in [-0.4, -0.2) is 37.1 Å². The summed E-state index contributed by atoms with van der Waals surface area (Å²) in [5.74, 6) is 0.767. The zero-order chi connectivity index (χ0) is 10.6. The fourth-order valence-corrected chi connectivity index (χ4v) is 2.32. The highest BCUT2D eigenvalue weighted by Gasteiger charge is 2.24. The summed E-state index contributed by atoms with van der Waals surface area (Å²) < 4.78 is 0. The van der Waals surface area contributed by atoms with Gasteiger partial charge in [0, 0.05) is 19.1 Å². The van der Waals surface area contributed by atoms with E-state index in [1.165, 1.54) is 25.1 Å². The molecule has 0 radical (unpaired) electrons. The van der Waals surface area contributed by atoms with Crippen LogP contribution in [-0.2, 0) is 0 Å². The molecule has 1 fully saturated rings. The van der Waals surface area contributed by atoms with E-state index in [-0.39, 0.29) is 0 Å². The molecule has 0 amide bonds. The lowest BCUT2D eigenvalue weighted by molar-refractivity contribution is 0.159. The monoisotopic (exact) mass is 196 g/mol. The minimum absolute atomic E-state index is 0.723. The third-order valence-electron chi connectivity index (χ3n) is 2.95. The minimum Gasteiger partial charge on any atom is -0.314 e. The van der Waals surface area contributed by atoms with Gasteiger partial charge in [-0.25, -0.2) is 0 Å². The summed E-state index contributed by atoms with van der Waals surface area (Å²) in [7, 11) is 0. The second kappa shape index (κ2) is 5.52. The summed E-state index contributed by atoms with van der Waals surface area (Å²) in [5, 5.41) is 3.56. The molecule has 1 N–H and O–H groups in total. The van der Waals surface area contributed by atoms with Crippen molar-refractivity contribution in [3.8, 4) is 0 Å². The topological polar surface area (TPSA) is 15.3 Å². The Balaban J connectivity index is 2.34. The average Bonchev–Trinajstić information content (AvgIpc) is 2.09. The van der Waals surface area contributed by atoms with E-state index in [1.54, 1.807) is 0 Å². The van der Waals surface area contributed by atoms with E-state index in [0.29, 0.717) is 0 Å². The van der Waals surface area contributed by atoms with Crippen molar-refractivity contribution in [2.45, 2.75) is 33.2 Å². The maximum atomic E-state index is 3.97. The Labute approximate surface area is 88.4 Å². The Morgan fingerprint density at radius 3 is 2.79 bits per heavy atom. The van der Waals surface area contributed by atoms with E-state index in [4.69, 9.17) is 0 Å². The third-order valence-corrected chi connectivity index (χ3v) is 2.95. The van der Waals surface area contributed by atoms with Crippen LogP contribution < -0.4 is 5.32 Å². The van der Waals surface area contributed by atoms with Gasteiger partial charge >= 0.3 is 0 Å². The third kappa shape index (κ3) is 3.43. The van der Waals surface area contributed by atoms with E-state index >= 15 is 0 Å². The predicted octanol–water partition coefficient (Wildman–Crippen LogP) is 1.88. The van der Waals surface area contributed by atoms with Gasteiger partial charge in [-0.15, -0.1) is 0 Å². The SMILES string of the molecule is C=C(C)CN1CCC(NCC)C(C)C1. The summed E-state index contributed by atoms with van der Waals surface area (Å²) in [6, 6.07) is 0.723. The van der Waals surface area contributed by atoms with Gasteiger partial charge in [0.15, 0.2) is 0 Å². The molecule has 0 aromatic carbocycles. The summed E-state index contributed by atoms with van der Waals surface area (Å²) in [5.41, 5.74) is 1.28. The number of piperidine rings is 1. The molecule has 2 heteroatoms. The highest BCUT2D eigenvalue weighted by atomic mass is 15.1. The Morgan fingerprint density at radius 2 is 2.29 bits per heavy atom. The van der Waals surface area contributed by atoms with Crippen LogP contribution >= 0.6 is 0 Å². The van der Waals surface area contributed by atoms with E-state index in [1.807, 2.05) is 0 Å². The lowest BCUT2D eigenvalue weighted by atomic mass is 9.93. The molecule has 1 aliphatic heterocycles. The molecule has 1 aliphatic rings. The van der Waals surface area contributed by atoms with Crippen LogP contribution in [0.25, 0.3) is 0 Å². The maximum Gasteiger partial charge on any atom is 0.0187 e. The van der Waals surface area contributed by atoms with Crippen molar-refractivity contribution in [1.82, 2.24) is 10.2 Å². The Bertz CT molecular complexity index is 189. The molecule has 0 aromatic rings. The van der Waals surface area contributed by atoms with Gasteiger partial charge in [0.1, 0.15) is 0 Å². The average molecular weight is 196 g/mol. The molecular weight excluding hydrogens is 172 g/mol. The van der Waals surface area contributed by atoms with Gasteiger partial charge in [-0.3, -0.25) is 4.90 Å². The molecule has 1 rings (SSSR count).